The van der Waals surface area contributed by atoms with Crippen LogP contribution in [0.25, 0.3) is 32.8 Å². The van der Waals surface area contributed by atoms with Gasteiger partial charge in [-0.15, -0.1) is 0 Å². The lowest BCUT2D eigenvalue weighted by Gasteiger charge is -2.37. The van der Waals surface area contributed by atoms with E-state index in [9.17, 15) is 24.3 Å². The van der Waals surface area contributed by atoms with Crippen LogP contribution in [0.5, 0.6) is 0 Å². The number of nitrogens with one attached hydrogen (secondary N) is 3. The number of hydrogen-bond donors (Lipinski definition) is 4. The minimum Gasteiger partial charge on any atom is -0.465 e. The number of imidazole rings is 2. The zero-order valence-electron chi connectivity index (χ0n) is 36.8. The lowest BCUT2D eigenvalue weighted by molar-refractivity contribution is -0.140. The fraction of sp³-hybridized carbons (Fsp3) is 0.500. The Morgan fingerprint density at radius 3 is 2.05 bits per heavy atom. The van der Waals surface area contributed by atoms with E-state index in [4.69, 9.17) is 24.2 Å². The standard InChI is InChI=1S/C48H56N8O8/c1-27-21-38(55(25-27)45(57)40(53-47(59)62-4)31-13-17-63-18-14-31)43-49-35-11-8-30(24-37(35)51-43)6-5-29-7-10-34-33(23-29)9-12-36-41(34)52-44(50-36)39-22-28(2)26-56(39)46(58)42(54(3)48(60)61)32-15-19-64-20-16-32/h7-12,23-24,27-28,31-32,38-40,42H,13-22,25-26H2,1-4H3,(H,49,51)(H,50,52)(H,53,59)(H,60,61)/t27-,28-,38-,39-,40-,42-/m0/s1. The van der Waals surface area contributed by atoms with Crippen LogP contribution in [0.15, 0.2) is 48.5 Å². The van der Waals surface area contributed by atoms with Gasteiger partial charge in [-0.1, -0.05) is 37.8 Å². The van der Waals surface area contributed by atoms with E-state index < -0.39 is 24.3 Å². The number of H-pyrrole nitrogens is 2. The number of benzene rings is 3. The minimum atomic E-state index is -1.12. The van der Waals surface area contributed by atoms with E-state index >= 15 is 0 Å². The third kappa shape index (κ3) is 8.58. The van der Waals surface area contributed by atoms with Crippen LogP contribution < -0.4 is 5.32 Å². The number of nitrogens with zero attached hydrogens (tertiary/aromatic N) is 5. The fourth-order valence-electron chi connectivity index (χ4n) is 10.4. The number of fused-ring (bicyclic) bond motifs is 4. The Balaban J connectivity index is 0.932. The number of carboxylic acid groups (broad SMARTS) is 1. The van der Waals surface area contributed by atoms with Crippen molar-refractivity contribution in [2.24, 2.45) is 23.7 Å². The number of likely N-dealkylation sites (N-methyl/N-ethyl adjacent to an activating group) is 1. The molecule has 6 atom stereocenters. The molecule has 0 saturated carbocycles. The predicted octanol–water partition coefficient (Wildman–Crippen LogP) is 6.37. The van der Waals surface area contributed by atoms with Gasteiger partial charge in [-0.25, -0.2) is 19.6 Å². The molecule has 0 radical (unpaired) electrons. The van der Waals surface area contributed by atoms with Crippen LogP contribution in [0.4, 0.5) is 9.59 Å². The van der Waals surface area contributed by atoms with E-state index in [-0.39, 0.29) is 47.6 Å². The van der Waals surface area contributed by atoms with Gasteiger partial charge in [0.2, 0.25) is 11.8 Å². The van der Waals surface area contributed by atoms with Crippen molar-refractivity contribution in [3.63, 3.8) is 0 Å². The zero-order valence-corrected chi connectivity index (χ0v) is 36.8. The highest BCUT2D eigenvalue weighted by Gasteiger charge is 2.45. The molecule has 5 aromatic rings. The molecule has 4 amide bonds. The first kappa shape index (κ1) is 43.1. The molecule has 9 rings (SSSR count). The normalized spacial score (nSPS) is 22.9. The topological polar surface area (TPSA) is 195 Å². The molecule has 3 aromatic carbocycles. The van der Waals surface area contributed by atoms with Gasteiger partial charge in [0.05, 0.1) is 41.3 Å². The first-order chi connectivity index (χ1) is 30.9. The first-order valence-corrected chi connectivity index (χ1v) is 22.5. The summed E-state index contributed by atoms with van der Waals surface area (Å²) in [6.07, 6.45) is 2.34. The van der Waals surface area contributed by atoms with Gasteiger partial charge in [0, 0.05) is 63.1 Å². The zero-order chi connectivity index (χ0) is 44.6. The highest BCUT2D eigenvalue weighted by atomic mass is 16.5. The molecular weight excluding hydrogens is 817 g/mol. The molecular formula is C48H56N8O8. The summed E-state index contributed by atoms with van der Waals surface area (Å²) < 4.78 is 16.0. The Morgan fingerprint density at radius 2 is 1.39 bits per heavy atom. The van der Waals surface area contributed by atoms with Gasteiger partial charge >= 0.3 is 12.2 Å². The van der Waals surface area contributed by atoms with Gasteiger partial charge in [-0.05, 0) is 104 Å². The van der Waals surface area contributed by atoms with Crippen LogP contribution in [0, 0.1) is 35.5 Å². The van der Waals surface area contributed by atoms with Crippen molar-refractivity contribution >= 4 is 56.8 Å². The largest absolute Gasteiger partial charge is 0.465 e. The molecule has 4 aliphatic rings. The highest BCUT2D eigenvalue weighted by molar-refractivity contribution is 6.04. The average Bonchev–Trinajstić information content (AvgIpc) is 4.12. The molecule has 4 fully saturated rings. The molecule has 16 heteroatoms. The van der Waals surface area contributed by atoms with E-state index in [0.717, 1.165) is 56.8 Å². The SMILES string of the molecule is COC(=O)N[C@H](C(=O)N1C[C@@H](C)C[C@H]1c1nc2ccc(C#Cc3ccc4c(ccc5[nH]c([C@@H]6C[C@H](C)CN6C(=O)[C@H](C6CCOCC6)N(C)C(=O)O)nc54)c3)cc2[nH]1)C1CCOCC1. The van der Waals surface area contributed by atoms with Crippen LogP contribution in [0.1, 0.15) is 87.2 Å². The number of rotatable bonds is 8. The van der Waals surface area contributed by atoms with Crippen molar-refractivity contribution in [3.8, 4) is 11.8 Å². The molecule has 336 valence electrons. The third-order valence-electron chi connectivity index (χ3n) is 13.7. The number of methoxy groups -OCH3 is 1. The van der Waals surface area contributed by atoms with Crippen LogP contribution in [-0.2, 0) is 23.8 Å². The van der Waals surface area contributed by atoms with Crippen molar-refractivity contribution in [2.75, 3.05) is 53.7 Å². The van der Waals surface area contributed by atoms with E-state index in [2.05, 4.69) is 41.0 Å². The van der Waals surface area contributed by atoms with Crippen molar-refractivity contribution in [2.45, 2.75) is 76.5 Å². The lowest BCUT2D eigenvalue weighted by Crippen LogP contribution is -2.53. The molecule has 0 aliphatic carbocycles. The van der Waals surface area contributed by atoms with Crippen molar-refractivity contribution < 1.29 is 38.5 Å². The Hall–Kier alpha value is -6.18. The van der Waals surface area contributed by atoms with Gasteiger partial charge < -0.3 is 44.4 Å². The summed E-state index contributed by atoms with van der Waals surface area (Å²) in [5.41, 5.74) is 4.91. The fourth-order valence-corrected chi connectivity index (χ4v) is 10.4. The summed E-state index contributed by atoms with van der Waals surface area (Å²) in [5.74, 6) is 8.03. The molecule has 0 bridgehead atoms. The predicted molar refractivity (Wildman–Crippen MR) is 238 cm³/mol. The summed E-state index contributed by atoms with van der Waals surface area (Å²) in [6.45, 7) is 7.44. The van der Waals surface area contributed by atoms with E-state index in [1.807, 2.05) is 58.3 Å². The Kier molecular flexibility index (Phi) is 12.2. The number of likely N-dealkylation sites (tertiary alicyclic amines) is 2. The van der Waals surface area contributed by atoms with Crippen molar-refractivity contribution in [1.29, 1.82) is 0 Å². The number of carbonyl (C=O) groups excluding carboxylic acids is 3. The molecule has 0 spiro atoms. The monoisotopic (exact) mass is 872 g/mol. The quantitative estimate of drug-likeness (QED) is 0.127. The summed E-state index contributed by atoms with van der Waals surface area (Å²) >= 11 is 0. The third-order valence-corrected chi connectivity index (χ3v) is 13.7. The second kappa shape index (κ2) is 18.1. The van der Waals surface area contributed by atoms with Gasteiger partial charge in [-0.3, -0.25) is 14.5 Å². The second-order valence-corrected chi connectivity index (χ2v) is 18.2. The van der Waals surface area contributed by atoms with E-state index in [0.29, 0.717) is 76.8 Å². The molecule has 4 aliphatic heterocycles. The van der Waals surface area contributed by atoms with Crippen LogP contribution in [-0.4, -0.2) is 130 Å². The molecule has 4 N–H and O–H groups in total. The van der Waals surface area contributed by atoms with Gasteiger partial charge in [0.25, 0.3) is 0 Å². The van der Waals surface area contributed by atoms with Crippen LogP contribution >= 0.6 is 0 Å². The Bertz CT molecular complexity index is 2640. The number of carbonyl (C=O) groups is 4. The van der Waals surface area contributed by atoms with Gasteiger partial charge in [0.1, 0.15) is 23.7 Å². The molecule has 4 saturated heterocycles. The average molecular weight is 873 g/mol. The number of aromatic amines is 2. The minimum absolute atomic E-state index is 0.0521. The second-order valence-electron chi connectivity index (χ2n) is 18.2. The maximum Gasteiger partial charge on any atom is 0.407 e. The number of ether oxygens (including phenoxy) is 3. The van der Waals surface area contributed by atoms with E-state index in [1.165, 1.54) is 19.1 Å². The maximum atomic E-state index is 14.3. The number of hydrogen-bond acceptors (Lipinski definition) is 9. The Morgan fingerprint density at radius 1 is 0.797 bits per heavy atom. The Labute approximate surface area is 371 Å². The summed E-state index contributed by atoms with van der Waals surface area (Å²) in [4.78, 5) is 74.9. The lowest BCUT2D eigenvalue weighted by atomic mass is 9.89. The number of amides is 4. The maximum absolute atomic E-state index is 14.3. The molecule has 16 nitrogen and oxygen atoms in total. The van der Waals surface area contributed by atoms with Crippen LogP contribution in [0.2, 0.25) is 0 Å². The number of aromatic nitrogens is 4. The summed E-state index contributed by atoms with van der Waals surface area (Å²) in [5, 5.41) is 14.7. The molecule has 6 heterocycles. The summed E-state index contributed by atoms with van der Waals surface area (Å²) in [6, 6.07) is 13.9. The van der Waals surface area contributed by atoms with Crippen molar-refractivity contribution in [3.05, 3.63) is 71.3 Å². The van der Waals surface area contributed by atoms with Gasteiger partial charge in [-0.2, -0.15) is 0 Å². The molecule has 0 unspecified atom stereocenters. The highest BCUT2D eigenvalue weighted by Crippen LogP contribution is 2.39. The number of alkyl carbamates (subject to hydrolysis) is 1. The van der Waals surface area contributed by atoms with Crippen LogP contribution in [0.3, 0.4) is 0 Å². The molecule has 2 aromatic heterocycles. The smallest absolute Gasteiger partial charge is 0.407 e. The van der Waals surface area contributed by atoms with Gasteiger partial charge in [0.15, 0.2) is 0 Å². The summed E-state index contributed by atoms with van der Waals surface area (Å²) in [7, 11) is 2.79. The first-order valence-electron chi connectivity index (χ1n) is 22.5. The molecule has 64 heavy (non-hydrogen) atoms. The van der Waals surface area contributed by atoms with Crippen molar-refractivity contribution in [1.82, 2.24) is 40.0 Å². The van der Waals surface area contributed by atoms with E-state index in [1.54, 1.807) is 0 Å².